The van der Waals surface area contributed by atoms with Gasteiger partial charge >= 0.3 is 21.1 Å². The van der Waals surface area contributed by atoms with Crippen LogP contribution in [0, 0.1) is 43.6 Å². The van der Waals surface area contributed by atoms with Gasteiger partial charge in [-0.1, -0.05) is 0 Å². The largest absolute Gasteiger partial charge is 2.00 e. The Labute approximate surface area is 86.0 Å². The van der Waals surface area contributed by atoms with Gasteiger partial charge in [-0.05, 0) is 0 Å². The summed E-state index contributed by atoms with van der Waals surface area (Å²) in [5.74, 6) is 0. The van der Waals surface area contributed by atoms with E-state index in [1.54, 1.807) is 0 Å². The average Bonchev–Trinajstić information content (AvgIpc) is 1.37. The summed E-state index contributed by atoms with van der Waals surface area (Å²) in [6.45, 7) is 7.08. The van der Waals surface area contributed by atoms with Crippen molar-refractivity contribution >= 4 is 8.41 Å². The molecule has 0 atom stereocenters. The van der Waals surface area contributed by atoms with E-state index in [4.69, 9.17) is 0 Å². The maximum atomic E-state index is 3.54. The van der Waals surface area contributed by atoms with E-state index in [0.717, 1.165) is 12.8 Å². The molecular formula is C8H20BPt. The maximum Gasteiger partial charge on any atom is 2.00 e. The first kappa shape index (κ1) is 77.5. The smallest absolute Gasteiger partial charge is 0.358 e. The van der Waals surface area contributed by atoms with Crippen LogP contribution in [-0.2, 0) is 21.1 Å². The second-order valence-electron chi connectivity index (χ2n) is 0.707. The summed E-state index contributed by atoms with van der Waals surface area (Å²) in [6.07, 6.45) is 1.92. The van der Waals surface area contributed by atoms with Gasteiger partial charge < -0.3 is 29.2 Å². The Morgan fingerprint density at radius 1 is 1.10 bits per heavy atom. The third kappa shape index (κ3) is 214. The number of rotatable bonds is 1. The first-order valence-corrected chi connectivity index (χ1v) is 1.50. The van der Waals surface area contributed by atoms with Crippen LogP contribution in [0.2, 0.25) is 0 Å². The Bertz CT molecular complexity index is 11.2. The van der Waals surface area contributed by atoms with E-state index in [2.05, 4.69) is 13.8 Å². The molecule has 0 fully saturated rings. The fourth-order valence-corrected chi connectivity index (χ4v) is 0. The molecule has 0 saturated carbocycles. The Hall–Kier alpha value is 0.493. The van der Waals surface area contributed by atoms with E-state index in [9.17, 15) is 0 Å². The van der Waals surface area contributed by atoms with Gasteiger partial charge in [0.1, 0.15) is 0 Å². The van der Waals surface area contributed by atoms with E-state index in [1.807, 2.05) is 0 Å². The molecule has 0 rings (SSSR count). The van der Waals surface area contributed by atoms with Crippen molar-refractivity contribution in [2.45, 2.75) is 12.8 Å². The molecule has 2 heteroatoms. The van der Waals surface area contributed by atoms with Crippen molar-refractivity contribution in [2.24, 2.45) is 0 Å². The Morgan fingerprint density at radius 3 is 1.20 bits per heavy atom. The minimum absolute atomic E-state index is 0. The van der Waals surface area contributed by atoms with E-state index in [1.165, 1.54) is 0 Å². The molecule has 0 nitrogen and oxygen atoms in total. The fourth-order valence-electron chi connectivity index (χ4n) is 0. The number of unbranched alkanes of at least 4 members (excludes halogenated alkanes) is 1. The summed E-state index contributed by atoms with van der Waals surface area (Å²) in [6, 6.07) is 0. The Morgan fingerprint density at radius 2 is 1.20 bits per heavy atom. The van der Waals surface area contributed by atoms with Gasteiger partial charge in [-0.3, -0.25) is 0 Å². The second kappa shape index (κ2) is 110. The van der Waals surface area contributed by atoms with Gasteiger partial charge in [-0.25, -0.2) is 0 Å². The molecule has 10 heavy (non-hydrogen) atoms. The molecule has 0 spiro atoms. The molecule has 0 heterocycles. The van der Waals surface area contributed by atoms with Gasteiger partial charge in [0.2, 0.25) is 0 Å². The molecule has 0 bridgehead atoms. The summed E-state index contributed by atoms with van der Waals surface area (Å²) in [4.78, 5) is 0. The van der Waals surface area contributed by atoms with Crippen LogP contribution < -0.4 is 0 Å². The second-order valence-corrected chi connectivity index (χ2v) is 0.707. The van der Waals surface area contributed by atoms with E-state index < -0.39 is 0 Å². The topological polar surface area (TPSA) is 0 Å². The Balaban J connectivity index is -0.00000000300. The van der Waals surface area contributed by atoms with Crippen LogP contribution in [0.3, 0.4) is 0 Å². The molecule has 0 amide bonds. The number of hydrogen-bond acceptors (Lipinski definition) is 0. The molecule has 0 aromatic carbocycles. The summed E-state index contributed by atoms with van der Waals surface area (Å²) < 4.78 is 0. The molecule has 0 aromatic heterocycles. The molecule has 0 N–H and O–H groups in total. The van der Waals surface area contributed by atoms with Crippen molar-refractivity contribution in [3.8, 4) is 0 Å². The molecular weight excluding hydrogens is 302 g/mol. The van der Waals surface area contributed by atoms with Gasteiger partial charge in [0.15, 0.2) is 0 Å². The summed E-state index contributed by atoms with van der Waals surface area (Å²) >= 11 is 0. The average molecular weight is 322 g/mol. The zero-order chi connectivity index (χ0) is 3.41. The summed E-state index contributed by atoms with van der Waals surface area (Å²) in [5.41, 5.74) is 0. The molecule has 0 aromatic rings. The van der Waals surface area contributed by atoms with Crippen LogP contribution in [0.4, 0.5) is 0 Å². The van der Waals surface area contributed by atoms with Gasteiger partial charge in [0.25, 0.3) is 0 Å². The van der Waals surface area contributed by atoms with Gasteiger partial charge in [-0.2, -0.15) is 0 Å². The van der Waals surface area contributed by atoms with Crippen molar-refractivity contribution < 1.29 is 21.1 Å². The van der Waals surface area contributed by atoms with Gasteiger partial charge in [-0.15, -0.1) is 6.42 Å². The van der Waals surface area contributed by atoms with Crippen LogP contribution in [0.25, 0.3) is 0 Å². The zero-order valence-corrected chi connectivity index (χ0v) is 9.99. The van der Waals surface area contributed by atoms with Crippen LogP contribution in [0.15, 0.2) is 0 Å². The monoisotopic (exact) mass is 322 g/mol. The minimum atomic E-state index is 0. The van der Waals surface area contributed by atoms with Crippen molar-refractivity contribution in [3.63, 3.8) is 0 Å². The molecule has 0 aliphatic rings. The van der Waals surface area contributed by atoms with Gasteiger partial charge in [0, 0.05) is 15.8 Å². The molecule has 0 aliphatic carbocycles. The SMILES string of the molecule is [B].[CH2+]CC[CH2-].[CH3+].[CH3-].[CH3-].[CH3-].[Pt+2]. The first-order chi connectivity index (χ1) is 1.91. The number of hydrogen-bond donors (Lipinski definition) is 0. The maximum absolute atomic E-state index is 3.54. The van der Waals surface area contributed by atoms with E-state index in [0.29, 0.717) is 0 Å². The fraction of sp³-hybridized carbons (Fsp3) is 0.250. The third-order valence-electron chi connectivity index (χ3n) is 0.250. The first-order valence-electron chi connectivity index (χ1n) is 1.50. The molecule has 65 valence electrons. The van der Waals surface area contributed by atoms with Crippen molar-refractivity contribution in [1.29, 1.82) is 0 Å². The van der Waals surface area contributed by atoms with Crippen LogP contribution in [-0.4, -0.2) is 8.41 Å². The van der Waals surface area contributed by atoms with Crippen molar-refractivity contribution in [3.05, 3.63) is 43.6 Å². The van der Waals surface area contributed by atoms with Crippen molar-refractivity contribution in [1.82, 2.24) is 0 Å². The normalized spacial score (nSPS) is 2.90. The Kier molecular flexibility index (Phi) is 854. The minimum Gasteiger partial charge on any atom is -0.358 e. The molecule has 3 radical (unpaired) electrons. The van der Waals surface area contributed by atoms with E-state index in [-0.39, 0.29) is 59.2 Å². The van der Waals surface area contributed by atoms with E-state index >= 15 is 0 Å². The van der Waals surface area contributed by atoms with Crippen molar-refractivity contribution in [2.75, 3.05) is 0 Å². The van der Waals surface area contributed by atoms with Crippen LogP contribution in [0.5, 0.6) is 0 Å². The third-order valence-corrected chi connectivity index (χ3v) is 0.250. The predicted octanol–water partition coefficient (Wildman–Crippen LogP) is 2.85. The summed E-state index contributed by atoms with van der Waals surface area (Å²) in [5, 5.41) is 0. The van der Waals surface area contributed by atoms with Gasteiger partial charge in [0.05, 0.1) is 13.3 Å². The van der Waals surface area contributed by atoms with Crippen LogP contribution in [0.1, 0.15) is 12.8 Å². The quantitative estimate of drug-likeness (QED) is 0.514. The summed E-state index contributed by atoms with van der Waals surface area (Å²) in [7, 11) is 0. The standard InChI is InChI=1S/C4H8.4CH3.B.Pt/c1-3-4-2;;;;;;/h1-4H2;4*1H3;;/q;3*-1;+1;;+2. The molecule has 0 saturated heterocycles. The zero-order valence-electron chi connectivity index (χ0n) is 7.72. The molecule has 0 unspecified atom stereocenters. The predicted molar refractivity (Wildman–Crippen MR) is 51.4 cm³/mol. The van der Waals surface area contributed by atoms with Crippen LogP contribution >= 0.6 is 0 Å². The molecule has 0 aliphatic heterocycles.